The third-order valence-corrected chi connectivity index (χ3v) is 9.77. The summed E-state index contributed by atoms with van der Waals surface area (Å²) in [6.07, 6.45) is -9.84. The third-order valence-electron chi connectivity index (χ3n) is 9.77. The second kappa shape index (κ2) is 15.5. The van der Waals surface area contributed by atoms with Gasteiger partial charge in [0, 0.05) is 5.92 Å². The molecule has 1 saturated heterocycles. The Balaban J connectivity index is 1.37. The summed E-state index contributed by atoms with van der Waals surface area (Å²) in [5.74, 6) is -5.52. The number of rotatable bonds is 11. The van der Waals surface area contributed by atoms with Crippen molar-refractivity contribution in [3.63, 3.8) is 0 Å². The summed E-state index contributed by atoms with van der Waals surface area (Å²) in [6.45, 7) is -0.958. The number of anilines is 1. The standard InChI is InChI=1S/C41H35F6NO6/c42-40(43,44)28-19-29(41(45,46)47)21-30(20-28)48-38(52)33-18-27(23-54-32-12-5-2-6-13-32)36(34(22-49)37(33)39(48)53)35(51)15-14-26(25-9-3-1-4-10-25)16-24-8-7-11-31(50)17-24/h1-13,16-17,19-21,33-35,37,49-51H,14-15,18,22-23H2/b26-16-/t33-,34+,35-,37-/m1/s1. The Kier molecular flexibility index (Phi) is 11.0. The number of para-hydroxylation sites is 1. The Morgan fingerprint density at radius 1 is 0.833 bits per heavy atom. The van der Waals surface area contributed by atoms with Gasteiger partial charge >= 0.3 is 12.4 Å². The molecule has 2 amide bonds. The first-order valence-electron chi connectivity index (χ1n) is 17.1. The number of phenolic OH excluding ortho intramolecular Hbond substituents is 1. The van der Waals surface area contributed by atoms with Crippen LogP contribution in [0.5, 0.6) is 11.5 Å². The number of carbonyl (C=O) groups excluding carboxylic acids is 2. The van der Waals surface area contributed by atoms with Crippen molar-refractivity contribution in [1.82, 2.24) is 0 Å². The Hall–Kier alpha value is -5.40. The number of imide groups is 1. The Morgan fingerprint density at radius 2 is 1.46 bits per heavy atom. The van der Waals surface area contributed by atoms with Crippen molar-refractivity contribution in [1.29, 1.82) is 0 Å². The van der Waals surface area contributed by atoms with Crippen molar-refractivity contribution in [3.8, 4) is 11.5 Å². The predicted octanol–water partition coefficient (Wildman–Crippen LogP) is 8.31. The Morgan fingerprint density at radius 3 is 2.06 bits per heavy atom. The molecule has 1 aliphatic carbocycles. The SMILES string of the molecule is O=C1[C@@H]2[C@@H](CC(COc3ccccc3)=C([C@H](O)CC/C(=C/c3cccc(O)c3)c3ccccc3)[C@@H]2CO)C(=O)N1c1cc(C(F)(F)F)cc(C(F)(F)F)c1. The van der Waals surface area contributed by atoms with Crippen LogP contribution in [-0.2, 0) is 21.9 Å². The van der Waals surface area contributed by atoms with Gasteiger partial charge in [0.05, 0.1) is 41.4 Å². The number of fused-ring (bicyclic) bond motifs is 1. The number of allylic oxidation sites excluding steroid dienone is 1. The molecule has 1 fully saturated rings. The van der Waals surface area contributed by atoms with Crippen LogP contribution < -0.4 is 9.64 Å². The van der Waals surface area contributed by atoms with Crippen LogP contribution in [0.1, 0.15) is 41.5 Å². The minimum atomic E-state index is -5.23. The molecule has 3 N–H and O–H groups in total. The molecule has 54 heavy (non-hydrogen) atoms. The number of carbonyl (C=O) groups is 2. The van der Waals surface area contributed by atoms with Crippen molar-refractivity contribution in [2.75, 3.05) is 18.1 Å². The molecular weight excluding hydrogens is 716 g/mol. The minimum absolute atomic E-state index is 0.0476. The van der Waals surface area contributed by atoms with E-state index in [0.717, 1.165) is 11.1 Å². The summed E-state index contributed by atoms with van der Waals surface area (Å²) >= 11 is 0. The number of alkyl halides is 6. The summed E-state index contributed by atoms with van der Waals surface area (Å²) in [7, 11) is 0. The van der Waals surface area contributed by atoms with Crippen molar-refractivity contribution in [2.45, 2.75) is 37.7 Å². The van der Waals surface area contributed by atoms with Crippen LogP contribution in [0.3, 0.4) is 0 Å². The predicted molar refractivity (Wildman–Crippen MR) is 188 cm³/mol. The zero-order valence-corrected chi connectivity index (χ0v) is 28.5. The quantitative estimate of drug-likeness (QED) is 0.0617. The van der Waals surface area contributed by atoms with E-state index in [1.165, 1.54) is 6.07 Å². The molecule has 4 atom stereocenters. The molecule has 4 aromatic rings. The van der Waals surface area contributed by atoms with Crippen LogP contribution in [0.4, 0.5) is 32.0 Å². The van der Waals surface area contributed by atoms with Gasteiger partial charge in [0.15, 0.2) is 0 Å². The summed E-state index contributed by atoms with van der Waals surface area (Å²) in [4.78, 5) is 28.3. The number of benzene rings is 4. The molecule has 6 rings (SSSR count). The number of aliphatic hydroxyl groups excluding tert-OH is 2. The number of amides is 2. The monoisotopic (exact) mass is 751 g/mol. The maximum absolute atomic E-state index is 14.0. The zero-order chi connectivity index (χ0) is 38.8. The fraction of sp³-hybridized carbons (Fsp3) is 0.268. The first-order chi connectivity index (χ1) is 25.7. The highest BCUT2D eigenvalue weighted by atomic mass is 19.4. The van der Waals surface area contributed by atoms with Crippen molar-refractivity contribution < 1.29 is 56.0 Å². The van der Waals surface area contributed by atoms with Gasteiger partial charge in [0.25, 0.3) is 0 Å². The highest BCUT2D eigenvalue weighted by Gasteiger charge is 2.56. The molecule has 0 saturated carbocycles. The van der Waals surface area contributed by atoms with Gasteiger partial charge in [-0.1, -0.05) is 66.7 Å². The lowest BCUT2D eigenvalue weighted by Gasteiger charge is -2.36. The summed E-state index contributed by atoms with van der Waals surface area (Å²) in [6, 6.07) is 24.9. The zero-order valence-electron chi connectivity index (χ0n) is 28.5. The number of hydrogen-bond donors (Lipinski definition) is 3. The summed E-state index contributed by atoms with van der Waals surface area (Å²) in [5, 5.41) is 32.7. The van der Waals surface area contributed by atoms with Crippen molar-refractivity contribution in [2.24, 2.45) is 17.8 Å². The van der Waals surface area contributed by atoms with E-state index in [1.54, 1.807) is 48.5 Å². The lowest BCUT2D eigenvalue weighted by atomic mass is 9.68. The number of aromatic hydroxyl groups is 1. The molecule has 0 spiro atoms. The van der Waals surface area contributed by atoms with Gasteiger partial charge in [-0.05, 0) is 89.6 Å². The summed E-state index contributed by atoms with van der Waals surface area (Å²) < 4.78 is 88.6. The van der Waals surface area contributed by atoms with E-state index in [-0.39, 0.29) is 43.3 Å². The Bertz CT molecular complexity index is 2030. The van der Waals surface area contributed by atoms with Gasteiger partial charge < -0.3 is 20.1 Å². The average Bonchev–Trinajstić information content (AvgIpc) is 3.39. The molecule has 0 bridgehead atoms. The molecular formula is C41H35F6NO6. The average molecular weight is 752 g/mol. The molecule has 2 aliphatic rings. The third kappa shape index (κ3) is 8.22. The molecule has 1 heterocycles. The fourth-order valence-corrected chi connectivity index (χ4v) is 7.32. The van der Waals surface area contributed by atoms with E-state index in [0.29, 0.717) is 33.9 Å². The smallest absolute Gasteiger partial charge is 0.416 e. The van der Waals surface area contributed by atoms with Crippen LogP contribution in [0.25, 0.3) is 11.6 Å². The highest BCUT2D eigenvalue weighted by molar-refractivity contribution is 6.22. The first kappa shape index (κ1) is 38.3. The summed E-state index contributed by atoms with van der Waals surface area (Å²) in [5.41, 5.74) is -1.42. The fourth-order valence-electron chi connectivity index (χ4n) is 7.32. The normalized spacial score (nSPS) is 20.0. The van der Waals surface area contributed by atoms with Gasteiger partial charge in [-0.3, -0.25) is 9.59 Å². The number of aliphatic hydroxyl groups is 2. The number of halogens is 6. The van der Waals surface area contributed by atoms with E-state index in [2.05, 4.69) is 0 Å². The van der Waals surface area contributed by atoms with Gasteiger partial charge in [-0.25, -0.2) is 4.90 Å². The molecule has 0 radical (unpaired) electrons. The van der Waals surface area contributed by atoms with E-state index in [9.17, 15) is 51.3 Å². The molecule has 0 unspecified atom stereocenters. The first-order valence-corrected chi connectivity index (χ1v) is 17.1. The molecule has 13 heteroatoms. The maximum Gasteiger partial charge on any atom is 0.416 e. The number of phenols is 1. The van der Waals surface area contributed by atoms with Gasteiger partial charge in [0.1, 0.15) is 18.1 Å². The van der Waals surface area contributed by atoms with E-state index >= 15 is 0 Å². The van der Waals surface area contributed by atoms with Crippen LogP contribution in [0, 0.1) is 17.8 Å². The van der Waals surface area contributed by atoms with Crippen LogP contribution >= 0.6 is 0 Å². The largest absolute Gasteiger partial charge is 0.508 e. The molecule has 282 valence electrons. The highest BCUT2D eigenvalue weighted by Crippen LogP contribution is 2.49. The van der Waals surface area contributed by atoms with Crippen LogP contribution in [-0.4, -0.2) is 46.5 Å². The van der Waals surface area contributed by atoms with Crippen molar-refractivity contribution in [3.05, 3.63) is 137 Å². The second-order valence-electron chi connectivity index (χ2n) is 13.2. The van der Waals surface area contributed by atoms with E-state index in [4.69, 9.17) is 4.74 Å². The Labute approximate surface area is 306 Å². The molecule has 7 nitrogen and oxygen atoms in total. The van der Waals surface area contributed by atoms with Gasteiger partial charge in [-0.15, -0.1) is 0 Å². The van der Waals surface area contributed by atoms with Gasteiger partial charge in [0.2, 0.25) is 11.8 Å². The number of hydrogen-bond acceptors (Lipinski definition) is 6. The van der Waals surface area contributed by atoms with E-state index < -0.39 is 71.4 Å². The maximum atomic E-state index is 14.0. The lowest BCUT2D eigenvalue weighted by Crippen LogP contribution is -2.40. The lowest BCUT2D eigenvalue weighted by molar-refractivity contribution is -0.143. The van der Waals surface area contributed by atoms with Crippen molar-refractivity contribution >= 4 is 29.2 Å². The molecule has 4 aromatic carbocycles. The van der Waals surface area contributed by atoms with Crippen LogP contribution in [0.15, 0.2) is 114 Å². The second-order valence-corrected chi connectivity index (χ2v) is 13.2. The number of nitrogens with zero attached hydrogens (tertiary/aromatic N) is 1. The molecule has 0 aromatic heterocycles. The minimum Gasteiger partial charge on any atom is -0.508 e. The molecule has 1 aliphatic heterocycles. The number of ether oxygens (including phenoxy) is 1. The van der Waals surface area contributed by atoms with Crippen LogP contribution in [0.2, 0.25) is 0 Å². The van der Waals surface area contributed by atoms with E-state index in [1.807, 2.05) is 36.4 Å². The van der Waals surface area contributed by atoms with Gasteiger partial charge in [-0.2, -0.15) is 26.3 Å². The topological polar surface area (TPSA) is 107 Å².